The van der Waals surface area contributed by atoms with E-state index in [4.69, 9.17) is 9.84 Å². The van der Waals surface area contributed by atoms with Gasteiger partial charge in [-0.2, -0.15) is 26.3 Å². The third-order valence-electron chi connectivity index (χ3n) is 7.25. The molecular formula is C29H34F6O5. The Morgan fingerprint density at radius 3 is 1.90 bits per heavy atom. The van der Waals surface area contributed by atoms with Crippen LogP contribution in [-0.4, -0.2) is 52.0 Å². The first kappa shape index (κ1) is 33.2. The molecule has 1 atom stereocenters. The average Bonchev–Trinajstić information content (AvgIpc) is 2.86. The van der Waals surface area contributed by atoms with E-state index in [1.165, 1.54) is 6.07 Å². The maximum atomic E-state index is 13.1. The Hall–Kier alpha value is -3.05. The lowest BCUT2D eigenvalue weighted by Gasteiger charge is -2.34. The van der Waals surface area contributed by atoms with Crippen molar-refractivity contribution < 1.29 is 51.2 Å². The molecule has 0 heterocycles. The first-order valence-electron chi connectivity index (χ1n) is 12.7. The van der Waals surface area contributed by atoms with E-state index < -0.39 is 35.4 Å². The molecule has 11 heteroatoms. The van der Waals surface area contributed by atoms with Crippen LogP contribution in [-0.2, 0) is 10.2 Å². The standard InChI is InChI=1S/C29H34F6O5/c1-5-26(6-2,22-9-11-24(19(4)16-22)40-17-23(36)10-12-25(37)38)21-8-7-20(18(3)15-21)13-14-27(39,28(30,31)32)29(33,34)35/h7-9,11,13-16,23,36,39H,5-6,10,12,17H2,1-4H3,(H,37,38)/b14-13+. The monoisotopic (exact) mass is 576 g/mol. The minimum absolute atomic E-state index is 0.0531. The number of hydrogen-bond donors (Lipinski definition) is 3. The molecule has 222 valence electrons. The van der Waals surface area contributed by atoms with Crippen molar-refractivity contribution >= 4 is 12.0 Å². The van der Waals surface area contributed by atoms with Crippen molar-refractivity contribution in [1.29, 1.82) is 0 Å². The number of hydrogen-bond acceptors (Lipinski definition) is 4. The molecule has 0 saturated heterocycles. The molecule has 40 heavy (non-hydrogen) atoms. The van der Waals surface area contributed by atoms with Gasteiger partial charge < -0.3 is 20.1 Å². The van der Waals surface area contributed by atoms with E-state index in [1.54, 1.807) is 25.1 Å². The number of aliphatic carboxylic acids is 1. The summed E-state index contributed by atoms with van der Waals surface area (Å²) in [5, 5.41) is 28.1. The summed E-state index contributed by atoms with van der Waals surface area (Å²) in [5.74, 6) is -0.504. The maximum Gasteiger partial charge on any atom is 0.430 e. The average molecular weight is 577 g/mol. The number of aryl methyl sites for hydroxylation is 2. The highest BCUT2D eigenvalue weighted by Gasteiger charge is 2.68. The van der Waals surface area contributed by atoms with Crippen molar-refractivity contribution in [3.8, 4) is 5.75 Å². The molecule has 0 spiro atoms. The Morgan fingerprint density at radius 1 is 0.925 bits per heavy atom. The van der Waals surface area contributed by atoms with Crippen LogP contribution in [0.5, 0.6) is 5.75 Å². The molecule has 0 fully saturated rings. The number of alkyl halides is 6. The zero-order chi connectivity index (χ0) is 30.5. The summed E-state index contributed by atoms with van der Waals surface area (Å²) < 4.78 is 84.0. The van der Waals surface area contributed by atoms with Crippen molar-refractivity contribution in [2.75, 3.05) is 6.61 Å². The van der Waals surface area contributed by atoms with E-state index >= 15 is 0 Å². The van der Waals surface area contributed by atoms with Crippen molar-refractivity contribution in [3.05, 3.63) is 70.3 Å². The molecule has 0 saturated carbocycles. The fraction of sp³-hybridized carbons (Fsp3) is 0.483. The molecule has 1 unspecified atom stereocenters. The highest BCUT2D eigenvalue weighted by atomic mass is 19.4. The number of benzene rings is 2. The van der Waals surface area contributed by atoms with E-state index in [2.05, 4.69) is 0 Å². The van der Waals surface area contributed by atoms with E-state index in [1.807, 2.05) is 32.9 Å². The lowest BCUT2D eigenvalue weighted by Crippen LogP contribution is -2.55. The molecule has 2 aromatic carbocycles. The summed E-state index contributed by atoms with van der Waals surface area (Å²) in [6, 6.07) is 10.3. The highest BCUT2D eigenvalue weighted by Crippen LogP contribution is 2.45. The molecule has 0 aliphatic carbocycles. The molecule has 0 amide bonds. The van der Waals surface area contributed by atoms with Crippen LogP contribution in [0.4, 0.5) is 26.3 Å². The van der Waals surface area contributed by atoms with Crippen LogP contribution in [0.3, 0.4) is 0 Å². The molecular weight excluding hydrogens is 542 g/mol. The van der Waals surface area contributed by atoms with Gasteiger partial charge in [0.05, 0.1) is 6.10 Å². The Kier molecular flexibility index (Phi) is 10.5. The quantitative estimate of drug-likeness (QED) is 0.240. The summed E-state index contributed by atoms with van der Waals surface area (Å²) in [6.07, 6.45) is -11.3. The van der Waals surface area contributed by atoms with E-state index in [0.717, 1.165) is 16.7 Å². The first-order valence-corrected chi connectivity index (χ1v) is 12.7. The van der Waals surface area contributed by atoms with Gasteiger partial charge in [-0.15, -0.1) is 0 Å². The third kappa shape index (κ3) is 7.17. The molecule has 2 rings (SSSR count). The number of ether oxygens (including phenoxy) is 1. The lowest BCUT2D eigenvalue weighted by atomic mass is 9.70. The molecule has 0 aromatic heterocycles. The van der Waals surface area contributed by atoms with Crippen LogP contribution in [0.25, 0.3) is 6.08 Å². The van der Waals surface area contributed by atoms with Crippen LogP contribution in [0, 0.1) is 13.8 Å². The summed E-state index contributed by atoms with van der Waals surface area (Å²) >= 11 is 0. The van der Waals surface area contributed by atoms with Crippen LogP contribution >= 0.6 is 0 Å². The number of rotatable bonds is 12. The fourth-order valence-corrected chi connectivity index (χ4v) is 4.62. The summed E-state index contributed by atoms with van der Waals surface area (Å²) in [7, 11) is 0. The Bertz CT molecular complexity index is 1180. The molecule has 0 aliphatic heterocycles. The van der Waals surface area contributed by atoms with Crippen molar-refractivity contribution in [1.82, 2.24) is 0 Å². The minimum Gasteiger partial charge on any atom is -0.491 e. The van der Waals surface area contributed by atoms with E-state index in [9.17, 15) is 41.4 Å². The molecule has 5 nitrogen and oxygen atoms in total. The predicted molar refractivity (Wildman–Crippen MR) is 138 cm³/mol. The van der Waals surface area contributed by atoms with Gasteiger partial charge in [-0.3, -0.25) is 4.79 Å². The Balaban J connectivity index is 2.38. The second-order valence-corrected chi connectivity index (χ2v) is 9.83. The molecule has 2 aromatic rings. The van der Waals surface area contributed by atoms with Gasteiger partial charge in [0.1, 0.15) is 12.4 Å². The fourth-order valence-electron chi connectivity index (χ4n) is 4.62. The highest BCUT2D eigenvalue weighted by molar-refractivity contribution is 5.66. The van der Waals surface area contributed by atoms with Crippen LogP contribution in [0.2, 0.25) is 0 Å². The second kappa shape index (κ2) is 12.6. The van der Waals surface area contributed by atoms with Crippen LogP contribution in [0.15, 0.2) is 42.5 Å². The molecule has 0 aliphatic rings. The van der Waals surface area contributed by atoms with Gasteiger partial charge in [0.2, 0.25) is 0 Å². The number of halogens is 6. The topological polar surface area (TPSA) is 87.0 Å². The van der Waals surface area contributed by atoms with E-state index in [-0.39, 0.29) is 31.1 Å². The number of aliphatic hydroxyl groups is 2. The Morgan fingerprint density at radius 2 is 1.45 bits per heavy atom. The number of carboxylic acid groups (broad SMARTS) is 1. The predicted octanol–water partition coefficient (Wildman–Crippen LogP) is 6.88. The number of carboxylic acids is 1. The second-order valence-electron chi connectivity index (χ2n) is 9.83. The van der Waals surface area contributed by atoms with Gasteiger partial charge in [0.15, 0.2) is 0 Å². The van der Waals surface area contributed by atoms with E-state index in [0.29, 0.717) is 30.2 Å². The largest absolute Gasteiger partial charge is 0.491 e. The van der Waals surface area contributed by atoms with Gasteiger partial charge in [0, 0.05) is 11.8 Å². The molecule has 3 N–H and O–H groups in total. The number of aliphatic hydroxyl groups excluding tert-OH is 1. The number of carbonyl (C=O) groups is 1. The van der Waals surface area contributed by atoms with Gasteiger partial charge in [-0.25, -0.2) is 0 Å². The van der Waals surface area contributed by atoms with Gasteiger partial charge in [0.25, 0.3) is 5.60 Å². The smallest absolute Gasteiger partial charge is 0.430 e. The van der Waals surface area contributed by atoms with Crippen LogP contribution in [0.1, 0.15) is 67.3 Å². The van der Waals surface area contributed by atoms with Gasteiger partial charge in [-0.05, 0) is 73.1 Å². The summed E-state index contributed by atoms with van der Waals surface area (Å²) in [6.45, 7) is 7.25. The van der Waals surface area contributed by atoms with Crippen LogP contribution < -0.4 is 4.74 Å². The molecule has 0 bridgehead atoms. The van der Waals surface area contributed by atoms with Crippen molar-refractivity contribution in [3.63, 3.8) is 0 Å². The third-order valence-corrected chi connectivity index (χ3v) is 7.25. The van der Waals surface area contributed by atoms with Gasteiger partial charge >= 0.3 is 18.3 Å². The minimum atomic E-state index is -5.94. The SMILES string of the molecule is CCC(CC)(c1ccc(/C=C/C(O)(C(F)(F)F)C(F)(F)F)c(C)c1)c1ccc(OCC(O)CCC(=O)O)c(C)c1. The summed E-state index contributed by atoms with van der Waals surface area (Å²) in [4.78, 5) is 10.7. The maximum absolute atomic E-state index is 13.1. The summed E-state index contributed by atoms with van der Waals surface area (Å²) in [5.41, 5.74) is -2.49. The molecule has 0 radical (unpaired) electrons. The van der Waals surface area contributed by atoms with Crippen molar-refractivity contribution in [2.24, 2.45) is 0 Å². The lowest BCUT2D eigenvalue weighted by molar-refractivity contribution is -0.347. The van der Waals surface area contributed by atoms with Crippen molar-refractivity contribution in [2.45, 2.75) is 82.9 Å². The zero-order valence-corrected chi connectivity index (χ0v) is 22.7. The Labute approximate surface area is 229 Å². The van der Waals surface area contributed by atoms with Gasteiger partial charge in [-0.1, -0.05) is 50.3 Å². The first-order chi connectivity index (χ1) is 18.4. The zero-order valence-electron chi connectivity index (χ0n) is 22.7. The normalized spacial score (nSPS) is 14.0.